The second-order valence-corrected chi connectivity index (χ2v) is 4.86. The smallest absolute Gasteiger partial charge is 0.0700 e. The van der Waals surface area contributed by atoms with Gasteiger partial charge in [-0.3, -0.25) is 0 Å². The van der Waals surface area contributed by atoms with Crippen molar-refractivity contribution in [1.82, 2.24) is 0 Å². The molecule has 0 saturated heterocycles. The van der Waals surface area contributed by atoms with Crippen LogP contribution >= 0.6 is 15.9 Å². The highest BCUT2D eigenvalue weighted by molar-refractivity contribution is 9.09. The molecule has 0 N–H and O–H groups in total. The maximum Gasteiger partial charge on any atom is 0.0700 e. The quantitative estimate of drug-likeness (QED) is 0.497. The van der Waals surface area contributed by atoms with Gasteiger partial charge in [0, 0.05) is 19.0 Å². The molecule has 0 aliphatic rings. The summed E-state index contributed by atoms with van der Waals surface area (Å²) in [6.45, 7) is 9.03. The van der Waals surface area contributed by atoms with E-state index in [0.717, 1.165) is 18.4 Å². The van der Waals surface area contributed by atoms with Gasteiger partial charge < -0.3 is 9.47 Å². The summed E-state index contributed by atoms with van der Waals surface area (Å²) in [4.78, 5) is 0. The van der Waals surface area contributed by atoms with Crippen molar-refractivity contribution in [3.05, 3.63) is 0 Å². The zero-order chi connectivity index (χ0) is 11.0. The van der Waals surface area contributed by atoms with Gasteiger partial charge >= 0.3 is 0 Å². The molecule has 0 aliphatic heterocycles. The standard InChI is InChI=1S/C11H23BrO2/c1-10(2)11(3,9-12)5-6-14-8-7-13-4/h10H,5-9H2,1-4H3. The molecule has 0 rings (SSSR count). The van der Waals surface area contributed by atoms with Gasteiger partial charge in [0.25, 0.3) is 0 Å². The minimum absolute atomic E-state index is 0.340. The van der Waals surface area contributed by atoms with Crippen molar-refractivity contribution < 1.29 is 9.47 Å². The Morgan fingerprint density at radius 2 is 1.86 bits per heavy atom. The van der Waals surface area contributed by atoms with Crippen LogP contribution in [0, 0.1) is 11.3 Å². The molecular formula is C11H23BrO2. The van der Waals surface area contributed by atoms with Crippen LogP contribution in [0.2, 0.25) is 0 Å². The maximum atomic E-state index is 5.48. The fourth-order valence-electron chi connectivity index (χ4n) is 1.06. The van der Waals surface area contributed by atoms with Gasteiger partial charge in [-0.15, -0.1) is 0 Å². The monoisotopic (exact) mass is 266 g/mol. The number of ether oxygens (including phenoxy) is 2. The average Bonchev–Trinajstić information content (AvgIpc) is 2.17. The van der Waals surface area contributed by atoms with E-state index >= 15 is 0 Å². The third-order valence-electron chi connectivity index (χ3n) is 2.95. The highest BCUT2D eigenvalue weighted by Gasteiger charge is 2.26. The van der Waals surface area contributed by atoms with E-state index in [2.05, 4.69) is 36.7 Å². The van der Waals surface area contributed by atoms with E-state index in [9.17, 15) is 0 Å². The molecule has 0 fully saturated rings. The topological polar surface area (TPSA) is 18.5 Å². The molecule has 3 heteroatoms. The summed E-state index contributed by atoms with van der Waals surface area (Å²) in [6.07, 6.45) is 1.10. The molecule has 0 bridgehead atoms. The summed E-state index contributed by atoms with van der Waals surface area (Å²) in [5.41, 5.74) is 0.340. The number of halogens is 1. The van der Waals surface area contributed by atoms with Crippen LogP contribution in [-0.4, -0.2) is 32.3 Å². The Hall–Kier alpha value is 0.400. The van der Waals surface area contributed by atoms with Crippen LogP contribution in [0.15, 0.2) is 0 Å². The lowest BCUT2D eigenvalue weighted by Crippen LogP contribution is -2.27. The molecule has 0 radical (unpaired) electrons. The molecule has 86 valence electrons. The van der Waals surface area contributed by atoms with Crippen molar-refractivity contribution >= 4 is 15.9 Å². The predicted octanol–water partition coefficient (Wildman–Crippen LogP) is 3.10. The van der Waals surface area contributed by atoms with Crippen LogP contribution < -0.4 is 0 Å². The summed E-state index contributed by atoms with van der Waals surface area (Å²) in [5, 5.41) is 1.03. The fourth-order valence-corrected chi connectivity index (χ4v) is 1.99. The lowest BCUT2D eigenvalue weighted by Gasteiger charge is -2.31. The number of hydrogen-bond acceptors (Lipinski definition) is 2. The van der Waals surface area contributed by atoms with Gasteiger partial charge in [0.15, 0.2) is 0 Å². The third-order valence-corrected chi connectivity index (χ3v) is 4.23. The van der Waals surface area contributed by atoms with Gasteiger partial charge in [-0.1, -0.05) is 36.7 Å². The van der Waals surface area contributed by atoms with E-state index in [4.69, 9.17) is 9.47 Å². The third kappa shape index (κ3) is 5.32. The van der Waals surface area contributed by atoms with Gasteiger partial charge in [0.1, 0.15) is 0 Å². The zero-order valence-electron chi connectivity index (χ0n) is 9.81. The molecule has 0 aromatic rings. The van der Waals surface area contributed by atoms with Crippen LogP contribution in [0.25, 0.3) is 0 Å². The van der Waals surface area contributed by atoms with Crippen molar-refractivity contribution in [1.29, 1.82) is 0 Å². The van der Waals surface area contributed by atoms with Crippen molar-refractivity contribution in [2.75, 3.05) is 32.3 Å². The number of methoxy groups -OCH3 is 1. The highest BCUT2D eigenvalue weighted by atomic mass is 79.9. The van der Waals surface area contributed by atoms with Crippen LogP contribution in [0.1, 0.15) is 27.2 Å². The second kappa shape index (κ2) is 7.66. The molecule has 0 aromatic heterocycles. The second-order valence-electron chi connectivity index (χ2n) is 4.30. The maximum absolute atomic E-state index is 5.48. The fraction of sp³-hybridized carbons (Fsp3) is 1.00. The van der Waals surface area contributed by atoms with Crippen LogP contribution in [0.3, 0.4) is 0 Å². The first-order valence-corrected chi connectivity index (χ1v) is 6.31. The Morgan fingerprint density at radius 3 is 2.29 bits per heavy atom. The Balaban J connectivity index is 3.63. The molecule has 0 saturated carbocycles. The van der Waals surface area contributed by atoms with Gasteiger partial charge in [-0.05, 0) is 17.8 Å². The van der Waals surface area contributed by atoms with E-state index < -0.39 is 0 Å². The molecule has 2 nitrogen and oxygen atoms in total. The molecule has 1 atom stereocenters. The normalized spacial score (nSPS) is 15.9. The summed E-state index contributed by atoms with van der Waals surface area (Å²) in [6, 6.07) is 0. The van der Waals surface area contributed by atoms with Crippen molar-refractivity contribution in [2.45, 2.75) is 27.2 Å². The molecular weight excluding hydrogens is 244 g/mol. The predicted molar refractivity (Wildman–Crippen MR) is 64.1 cm³/mol. The average molecular weight is 267 g/mol. The summed E-state index contributed by atoms with van der Waals surface area (Å²) >= 11 is 3.58. The molecule has 0 spiro atoms. The number of hydrogen-bond donors (Lipinski definition) is 0. The Labute approximate surface area is 96.5 Å². The van der Waals surface area contributed by atoms with E-state index in [1.165, 1.54) is 0 Å². The number of rotatable bonds is 8. The molecule has 0 heterocycles. The van der Waals surface area contributed by atoms with Crippen molar-refractivity contribution in [3.63, 3.8) is 0 Å². The van der Waals surface area contributed by atoms with Gasteiger partial charge in [-0.2, -0.15) is 0 Å². The Kier molecular flexibility index (Phi) is 7.88. The van der Waals surface area contributed by atoms with E-state index in [1.54, 1.807) is 7.11 Å². The first kappa shape index (κ1) is 14.4. The van der Waals surface area contributed by atoms with E-state index in [0.29, 0.717) is 24.5 Å². The lowest BCUT2D eigenvalue weighted by molar-refractivity contribution is 0.0498. The summed E-state index contributed by atoms with van der Waals surface area (Å²) in [7, 11) is 1.69. The van der Waals surface area contributed by atoms with Crippen LogP contribution in [-0.2, 0) is 9.47 Å². The molecule has 0 aliphatic carbocycles. The van der Waals surface area contributed by atoms with Gasteiger partial charge in [-0.25, -0.2) is 0 Å². The largest absolute Gasteiger partial charge is 0.382 e. The SMILES string of the molecule is COCCOCCC(C)(CBr)C(C)C. The van der Waals surface area contributed by atoms with Crippen molar-refractivity contribution in [2.24, 2.45) is 11.3 Å². The minimum Gasteiger partial charge on any atom is -0.382 e. The molecule has 14 heavy (non-hydrogen) atoms. The van der Waals surface area contributed by atoms with Crippen LogP contribution in [0.4, 0.5) is 0 Å². The number of alkyl halides is 1. The van der Waals surface area contributed by atoms with E-state index in [1.807, 2.05) is 0 Å². The minimum atomic E-state index is 0.340. The molecule has 1 unspecified atom stereocenters. The van der Waals surface area contributed by atoms with Crippen molar-refractivity contribution in [3.8, 4) is 0 Å². The zero-order valence-corrected chi connectivity index (χ0v) is 11.4. The van der Waals surface area contributed by atoms with Gasteiger partial charge in [0.05, 0.1) is 13.2 Å². The van der Waals surface area contributed by atoms with Crippen LogP contribution in [0.5, 0.6) is 0 Å². The first-order valence-electron chi connectivity index (χ1n) is 5.19. The van der Waals surface area contributed by atoms with Gasteiger partial charge in [0.2, 0.25) is 0 Å². The first-order chi connectivity index (χ1) is 6.56. The summed E-state index contributed by atoms with van der Waals surface area (Å²) in [5.74, 6) is 0.674. The highest BCUT2D eigenvalue weighted by Crippen LogP contribution is 2.32. The summed E-state index contributed by atoms with van der Waals surface area (Å²) < 4.78 is 10.4. The Morgan fingerprint density at radius 1 is 1.21 bits per heavy atom. The lowest BCUT2D eigenvalue weighted by atomic mass is 9.78. The Bertz CT molecular complexity index is 139. The molecule has 0 amide bonds. The molecule has 0 aromatic carbocycles. The van der Waals surface area contributed by atoms with E-state index in [-0.39, 0.29) is 0 Å².